The van der Waals surface area contributed by atoms with Gasteiger partial charge < -0.3 is 15.8 Å². The first kappa shape index (κ1) is 21.4. The van der Waals surface area contributed by atoms with Crippen molar-refractivity contribution in [2.75, 3.05) is 19.7 Å². The average Bonchev–Trinajstić information content (AvgIpc) is 2.62. The molecule has 2 aromatic rings. The molecule has 1 atom stereocenters. The summed E-state index contributed by atoms with van der Waals surface area (Å²) in [5.41, 5.74) is 8.11. The van der Waals surface area contributed by atoms with Crippen molar-refractivity contribution in [3.05, 3.63) is 66.0 Å². The number of aliphatic imine (C=N–C) groups is 1. The van der Waals surface area contributed by atoms with E-state index in [9.17, 15) is 0 Å². The first-order valence-electron chi connectivity index (χ1n) is 8.29. The first-order valence-corrected chi connectivity index (χ1v) is 8.29. The zero-order chi connectivity index (χ0) is 17.0. The smallest absolute Gasteiger partial charge is 0.188 e. The molecule has 2 rings (SSSR count). The van der Waals surface area contributed by atoms with Crippen LogP contribution in [0.2, 0.25) is 0 Å². The van der Waals surface area contributed by atoms with E-state index < -0.39 is 0 Å². The fourth-order valence-corrected chi connectivity index (χ4v) is 2.18. The highest BCUT2D eigenvalue weighted by Gasteiger charge is 2.02. The van der Waals surface area contributed by atoms with Crippen molar-refractivity contribution in [3.63, 3.8) is 0 Å². The van der Waals surface area contributed by atoms with Gasteiger partial charge in [0.15, 0.2) is 5.96 Å². The minimum absolute atomic E-state index is 0. The Morgan fingerprint density at radius 3 is 2.68 bits per heavy atom. The molecule has 3 N–H and O–H groups in total. The maximum absolute atomic E-state index is 5.88. The lowest BCUT2D eigenvalue weighted by Gasteiger charge is -2.11. The Hall–Kier alpha value is -1.67. The summed E-state index contributed by atoms with van der Waals surface area (Å²) in [6.07, 6.45) is 2.62. The molecule has 6 heteroatoms. The number of nitrogens with two attached hydrogens (primary N) is 1. The van der Waals surface area contributed by atoms with E-state index in [2.05, 4.69) is 34.3 Å². The van der Waals surface area contributed by atoms with Crippen molar-refractivity contribution in [3.8, 4) is 0 Å². The van der Waals surface area contributed by atoms with Gasteiger partial charge in [0.25, 0.3) is 0 Å². The third-order valence-electron chi connectivity index (χ3n) is 3.50. The van der Waals surface area contributed by atoms with Crippen LogP contribution in [0.5, 0.6) is 0 Å². The van der Waals surface area contributed by atoms with Crippen LogP contribution >= 0.6 is 24.0 Å². The molecule has 1 heterocycles. The molecule has 1 aromatic heterocycles. The topological polar surface area (TPSA) is 72.5 Å². The quantitative estimate of drug-likeness (QED) is 0.347. The number of pyridine rings is 1. The number of nitrogens with one attached hydrogen (secondary N) is 1. The summed E-state index contributed by atoms with van der Waals surface area (Å²) in [6.45, 7) is 4.78. The van der Waals surface area contributed by atoms with Crippen molar-refractivity contribution in [2.45, 2.75) is 20.0 Å². The fraction of sp³-hybridized carbons (Fsp3) is 0.368. The number of hydrogen-bond donors (Lipinski definition) is 2. The fourth-order valence-electron chi connectivity index (χ4n) is 2.18. The highest BCUT2D eigenvalue weighted by Crippen LogP contribution is 2.03. The van der Waals surface area contributed by atoms with Crippen LogP contribution in [0, 0.1) is 5.92 Å². The van der Waals surface area contributed by atoms with Crippen molar-refractivity contribution in [2.24, 2.45) is 16.6 Å². The van der Waals surface area contributed by atoms with Crippen LogP contribution in [-0.4, -0.2) is 30.6 Å². The minimum Gasteiger partial charge on any atom is -0.376 e. The molecule has 1 aromatic carbocycles. The molecule has 0 aliphatic carbocycles. The number of guanidine groups is 1. The van der Waals surface area contributed by atoms with Crippen molar-refractivity contribution in [1.29, 1.82) is 0 Å². The van der Waals surface area contributed by atoms with Gasteiger partial charge in [0, 0.05) is 31.4 Å². The molecule has 0 aliphatic heterocycles. The number of hydrogen-bond acceptors (Lipinski definition) is 3. The van der Waals surface area contributed by atoms with Gasteiger partial charge in [-0.25, -0.2) is 0 Å². The Morgan fingerprint density at radius 2 is 1.96 bits per heavy atom. The second kappa shape index (κ2) is 12.7. The molecule has 25 heavy (non-hydrogen) atoms. The lowest BCUT2D eigenvalue weighted by atomic mass is 10.2. The number of ether oxygens (including phenoxy) is 1. The predicted molar refractivity (Wildman–Crippen MR) is 113 cm³/mol. The number of halogens is 1. The zero-order valence-corrected chi connectivity index (χ0v) is 16.9. The third-order valence-corrected chi connectivity index (χ3v) is 3.50. The predicted octanol–water partition coefficient (Wildman–Crippen LogP) is 3.00. The van der Waals surface area contributed by atoms with Gasteiger partial charge in [0.2, 0.25) is 0 Å². The SMILES string of the molecule is CC(CN=C(N)NCCc1ccccn1)COCc1ccccc1.I. The summed E-state index contributed by atoms with van der Waals surface area (Å²) < 4.78 is 5.71. The van der Waals surface area contributed by atoms with Crippen molar-refractivity contribution >= 4 is 29.9 Å². The Balaban J connectivity index is 0.00000312. The largest absolute Gasteiger partial charge is 0.376 e. The standard InChI is InChI=1S/C19H26N4O.HI/c1-16(14-24-15-17-7-3-2-4-8-17)13-23-19(20)22-12-10-18-9-5-6-11-21-18;/h2-9,11,16H,10,12-15H2,1H3,(H3,20,22,23);1H. The summed E-state index contributed by atoms with van der Waals surface area (Å²) in [4.78, 5) is 8.64. The summed E-state index contributed by atoms with van der Waals surface area (Å²) in [6, 6.07) is 16.1. The lowest BCUT2D eigenvalue weighted by molar-refractivity contribution is 0.0945. The number of aromatic nitrogens is 1. The van der Waals surface area contributed by atoms with Crippen LogP contribution in [-0.2, 0) is 17.8 Å². The molecule has 0 radical (unpaired) electrons. The van der Waals surface area contributed by atoms with E-state index in [4.69, 9.17) is 10.5 Å². The molecule has 0 aliphatic rings. The Morgan fingerprint density at radius 1 is 1.20 bits per heavy atom. The molecule has 0 saturated carbocycles. The van der Waals surface area contributed by atoms with Crippen LogP contribution in [0.4, 0.5) is 0 Å². The molecular formula is C19H27IN4O. The second-order valence-corrected chi connectivity index (χ2v) is 5.83. The zero-order valence-electron chi connectivity index (χ0n) is 14.6. The lowest BCUT2D eigenvalue weighted by Crippen LogP contribution is -2.34. The number of benzene rings is 1. The molecule has 1 unspecified atom stereocenters. The summed E-state index contributed by atoms with van der Waals surface area (Å²) in [5.74, 6) is 0.797. The van der Waals surface area contributed by atoms with Gasteiger partial charge in [-0.15, -0.1) is 24.0 Å². The van der Waals surface area contributed by atoms with Crippen LogP contribution < -0.4 is 11.1 Å². The van der Waals surface area contributed by atoms with Crippen LogP contribution in [0.3, 0.4) is 0 Å². The maximum atomic E-state index is 5.88. The van der Waals surface area contributed by atoms with Gasteiger partial charge in [0.05, 0.1) is 13.2 Å². The van der Waals surface area contributed by atoms with Gasteiger partial charge in [-0.1, -0.05) is 43.3 Å². The monoisotopic (exact) mass is 454 g/mol. The molecule has 136 valence electrons. The van der Waals surface area contributed by atoms with Crippen LogP contribution in [0.1, 0.15) is 18.2 Å². The maximum Gasteiger partial charge on any atom is 0.188 e. The van der Waals surface area contributed by atoms with Gasteiger partial charge >= 0.3 is 0 Å². The Kier molecular flexibility index (Phi) is 10.8. The Bertz CT molecular complexity index is 607. The Labute approximate surface area is 167 Å². The number of rotatable bonds is 9. The van der Waals surface area contributed by atoms with Gasteiger partial charge in [0.1, 0.15) is 0 Å². The van der Waals surface area contributed by atoms with E-state index in [-0.39, 0.29) is 24.0 Å². The van der Waals surface area contributed by atoms with E-state index in [1.165, 1.54) is 5.56 Å². The summed E-state index contributed by atoms with van der Waals surface area (Å²) in [5, 5.41) is 3.12. The van der Waals surface area contributed by atoms with E-state index in [1.54, 1.807) is 6.20 Å². The van der Waals surface area contributed by atoms with E-state index in [0.29, 0.717) is 31.6 Å². The summed E-state index contributed by atoms with van der Waals surface area (Å²) in [7, 11) is 0. The van der Waals surface area contributed by atoms with E-state index >= 15 is 0 Å². The van der Waals surface area contributed by atoms with Crippen molar-refractivity contribution < 1.29 is 4.74 Å². The van der Waals surface area contributed by atoms with Crippen LogP contribution in [0.15, 0.2) is 59.7 Å². The third kappa shape index (κ3) is 9.40. The number of nitrogens with zero attached hydrogens (tertiary/aromatic N) is 2. The molecule has 0 bridgehead atoms. The molecular weight excluding hydrogens is 427 g/mol. The molecule has 5 nitrogen and oxygen atoms in total. The molecule has 0 fully saturated rings. The van der Waals surface area contributed by atoms with Crippen LogP contribution in [0.25, 0.3) is 0 Å². The second-order valence-electron chi connectivity index (χ2n) is 5.83. The summed E-state index contributed by atoms with van der Waals surface area (Å²) >= 11 is 0. The molecule has 0 saturated heterocycles. The first-order chi connectivity index (χ1) is 11.7. The normalized spacial score (nSPS) is 12.3. The van der Waals surface area contributed by atoms with Gasteiger partial charge in [-0.2, -0.15) is 0 Å². The minimum atomic E-state index is 0. The van der Waals surface area contributed by atoms with E-state index in [1.807, 2.05) is 36.4 Å². The van der Waals surface area contributed by atoms with Gasteiger partial charge in [-0.3, -0.25) is 9.98 Å². The molecule has 0 amide bonds. The molecule has 0 spiro atoms. The van der Waals surface area contributed by atoms with E-state index in [0.717, 1.165) is 18.7 Å². The highest BCUT2D eigenvalue weighted by molar-refractivity contribution is 14.0. The van der Waals surface area contributed by atoms with Gasteiger partial charge in [-0.05, 0) is 23.6 Å². The van der Waals surface area contributed by atoms with Crippen molar-refractivity contribution in [1.82, 2.24) is 10.3 Å². The average molecular weight is 454 g/mol. The highest BCUT2D eigenvalue weighted by atomic mass is 127.